The Morgan fingerprint density at radius 1 is 0.387 bits per heavy atom. The number of benzene rings is 6. The Morgan fingerprint density at radius 3 is 0.907 bits per heavy atom. The molecule has 10 rings (SSSR count). The van der Waals surface area contributed by atoms with Crippen LogP contribution in [0, 0.1) is 0 Å². The Balaban J connectivity index is 1.14. The second kappa shape index (κ2) is 18.9. The first-order chi connectivity index (χ1) is 34.8. The van der Waals surface area contributed by atoms with Crippen molar-refractivity contribution in [1.82, 2.24) is 9.13 Å². The molecule has 8 aromatic rings. The van der Waals surface area contributed by atoms with Crippen molar-refractivity contribution in [3.63, 3.8) is 0 Å². The zero-order valence-corrected chi connectivity index (χ0v) is 52.8. The molecule has 2 N–H and O–H groups in total. The molecule has 0 amide bonds. The molecule has 4 atom stereocenters. The second-order valence-electron chi connectivity index (χ2n) is 28.7. The minimum atomic E-state index is -1.03. The Bertz CT molecular complexity index is 3300. The number of phenolic OH excluding ortho intramolecular Hbond substituents is 2. The third-order valence-corrected chi connectivity index (χ3v) is 38.5. The number of aromatic hydroxyl groups is 2. The van der Waals surface area contributed by atoms with Crippen LogP contribution in [-0.4, -0.2) is 29.8 Å². The number of hydrogen-bond donors (Lipinski definition) is 2. The van der Waals surface area contributed by atoms with Gasteiger partial charge in [0.15, 0.2) is 0 Å². The van der Waals surface area contributed by atoms with Gasteiger partial charge in [-0.3, -0.25) is 0 Å². The average molecular weight is 1120 g/mol. The zero-order valence-electron chi connectivity index (χ0n) is 48.7. The molecule has 4 nitrogen and oxygen atoms in total. The van der Waals surface area contributed by atoms with Gasteiger partial charge < -0.3 is 0 Å². The Morgan fingerprint density at radius 2 is 0.653 bits per heavy atom. The fraction of sp³-hybridized carbons (Fsp3) is 0.471. The fourth-order valence-electron chi connectivity index (χ4n) is 11.8. The van der Waals surface area contributed by atoms with E-state index in [9.17, 15) is 10.2 Å². The van der Waals surface area contributed by atoms with Gasteiger partial charge in [-0.1, -0.05) is 0 Å². The number of aromatic nitrogens is 2. The Kier molecular flexibility index (Phi) is 13.7. The van der Waals surface area contributed by atoms with Crippen molar-refractivity contribution in [3.8, 4) is 22.9 Å². The average Bonchev–Trinajstić information content (AvgIpc) is 3.94. The summed E-state index contributed by atoms with van der Waals surface area (Å²) in [5.74, 6) is 2.80. The molecule has 7 heteroatoms. The van der Waals surface area contributed by atoms with Crippen molar-refractivity contribution in [2.45, 2.75) is 205 Å². The summed E-state index contributed by atoms with van der Waals surface area (Å²) in [5.41, 5.74) is 16.3. The van der Waals surface area contributed by atoms with Gasteiger partial charge in [0.25, 0.3) is 0 Å². The molecule has 2 aliphatic rings. The maximum absolute atomic E-state index is 13.0. The predicted molar refractivity (Wildman–Crippen MR) is 326 cm³/mol. The van der Waals surface area contributed by atoms with Crippen LogP contribution in [-0.2, 0) is 63.2 Å². The van der Waals surface area contributed by atoms with Crippen molar-refractivity contribution in [2.24, 2.45) is 0 Å². The Hall–Kier alpha value is -3.90. The summed E-state index contributed by atoms with van der Waals surface area (Å²) in [4.78, 5) is 0. The fourth-order valence-corrected chi connectivity index (χ4v) is 40.7. The standard InChI is InChI=1S/C68H86N2O2S2.Zr/c1-63(2,3)43-23-27-53-49(33-43)50-34-44(64(4,5)6)24-28-54(50)69(53)57-37-47(67(13,14)15)31-41(61(57)71)39-73-59-21-19-20-22-60(59)74-40-42-32-48(68(16,17)18)38-58(62(42)72)70-55-29-25-45(65(7,8)9)35-51(55)52-36-46(66(10,11)12)26-30-56(52)70;/h23-38,59-60,71-72H,19-22,39-40H2,1-18H3;. The third-order valence-electron chi connectivity index (χ3n) is 16.8. The second-order valence-corrected chi connectivity index (χ2v) is 44.3. The molecule has 1 saturated carbocycles. The van der Waals surface area contributed by atoms with Crippen molar-refractivity contribution < 1.29 is 29.4 Å². The van der Waals surface area contributed by atoms with Gasteiger partial charge in [0.05, 0.1) is 0 Å². The molecule has 396 valence electrons. The van der Waals surface area contributed by atoms with Crippen LogP contribution in [0.3, 0.4) is 0 Å². The monoisotopic (exact) mass is 1120 g/mol. The van der Waals surface area contributed by atoms with Crippen LogP contribution < -0.4 is 0 Å². The van der Waals surface area contributed by atoms with Gasteiger partial charge in [0, 0.05) is 0 Å². The SMILES string of the molecule is CC(C)(C)c1cc(C[S]2=[Zr]=[S](Cc3cc(C(C)(C)C)cc(-n4c5ccc(C(C)(C)C)cc5c5cc(C(C)(C)C)ccc54)c3O)C3CCCCC32)c(O)c(-n2c3ccc(C(C)(C)C)cc3c3cc(C(C)(C)C)ccc32)c1. The van der Waals surface area contributed by atoms with Crippen molar-refractivity contribution >= 4 is 57.9 Å². The summed E-state index contributed by atoms with van der Waals surface area (Å²) in [7, 11) is 0.453. The van der Waals surface area contributed by atoms with Crippen LogP contribution in [0.5, 0.6) is 11.5 Å². The van der Waals surface area contributed by atoms with E-state index in [4.69, 9.17) is 0 Å². The van der Waals surface area contributed by atoms with Crippen LogP contribution >= 0.6 is 14.2 Å². The first-order valence-corrected chi connectivity index (χ1v) is 36.8. The van der Waals surface area contributed by atoms with Gasteiger partial charge in [-0.05, 0) is 0 Å². The number of rotatable bonds is 6. The molecule has 1 aliphatic carbocycles. The van der Waals surface area contributed by atoms with E-state index < -0.39 is 19.2 Å². The number of nitrogens with zero attached hydrogens (tertiary/aromatic N) is 2. The molecule has 1 fully saturated rings. The predicted octanol–water partition coefficient (Wildman–Crippen LogP) is 19.6. The first kappa shape index (κ1) is 54.5. The van der Waals surface area contributed by atoms with Gasteiger partial charge in [-0.15, -0.1) is 0 Å². The van der Waals surface area contributed by atoms with Gasteiger partial charge >= 0.3 is 466 Å². The van der Waals surface area contributed by atoms with Crippen molar-refractivity contribution in [2.75, 3.05) is 0 Å². The van der Waals surface area contributed by atoms with Crippen molar-refractivity contribution in [1.29, 1.82) is 0 Å². The molecule has 6 aromatic carbocycles. The molecule has 4 unspecified atom stereocenters. The molecular weight excluding hydrogens is 1030 g/mol. The summed E-state index contributed by atoms with van der Waals surface area (Å²) < 4.78 is 4.77. The molecule has 0 radical (unpaired) electrons. The van der Waals surface area contributed by atoms with Crippen LogP contribution in [0.1, 0.15) is 195 Å². The molecule has 2 aromatic heterocycles. The summed E-state index contributed by atoms with van der Waals surface area (Å²) in [6.07, 6.45) is 5.17. The number of phenols is 2. The number of hydrogen-bond acceptors (Lipinski definition) is 2. The van der Waals surface area contributed by atoms with Gasteiger partial charge in [-0.2, -0.15) is 0 Å². The molecule has 1 aliphatic heterocycles. The van der Waals surface area contributed by atoms with Crippen LogP contribution in [0.4, 0.5) is 0 Å². The summed E-state index contributed by atoms with van der Waals surface area (Å²) in [5, 5.41) is 32.3. The molecule has 0 saturated heterocycles. The van der Waals surface area contributed by atoms with E-state index in [2.05, 4.69) is 231 Å². The molecular formula is C68H86N2O2S2Zr. The maximum atomic E-state index is 13.0. The molecule has 75 heavy (non-hydrogen) atoms. The topological polar surface area (TPSA) is 50.3 Å². The van der Waals surface area contributed by atoms with Crippen LogP contribution in [0.25, 0.3) is 55.0 Å². The first-order valence-electron chi connectivity index (χ1n) is 27.9. The van der Waals surface area contributed by atoms with Gasteiger partial charge in [0.2, 0.25) is 0 Å². The van der Waals surface area contributed by atoms with E-state index in [-0.39, 0.29) is 46.7 Å². The van der Waals surface area contributed by atoms with E-state index >= 15 is 0 Å². The molecule has 0 spiro atoms. The summed E-state index contributed by atoms with van der Waals surface area (Å²) >= 11 is -1.03. The van der Waals surface area contributed by atoms with E-state index in [0.717, 1.165) is 56.1 Å². The van der Waals surface area contributed by atoms with Gasteiger partial charge in [-0.25, -0.2) is 0 Å². The zero-order chi connectivity index (χ0) is 54.3. The minimum absolute atomic E-state index is 0.00443. The summed E-state index contributed by atoms with van der Waals surface area (Å²) in [6, 6.07) is 37.5. The normalized spacial score (nSPS) is 19.1. The van der Waals surface area contributed by atoms with E-state index in [1.807, 2.05) is 0 Å². The Labute approximate surface area is 462 Å². The van der Waals surface area contributed by atoms with Gasteiger partial charge in [0.1, 0.15) is 0 Å². The molecule has 3 heterocycles. The van der Waals surface area contributed by atoms with Crippen molar-refractivity contribution in [3.05, 3.63) is 142 Å². The molecule has 0 bridgehead atoms. The number of fused-ring (bicyclic) bond motifs is 7. The van der Waals surface area contributed by atoms with E-state index in [0.29, 0.717) is 22.0 Å². The van der Waals surface area contributed by atoms with Crippen LogP contribution in [0.2, 0.25) is 0 Å². The van der Waals surface area contributed by atoms with E-state index in [1.54, 1.807) is 0 Å². The third kappa shape index (κ3) is 10.1. The quantitative estimate of drug-likeness (QED) is 0.174. The van der Waals surface area contributed by atoms with Crippen LogP contribution in [0.15, 0.2) is 97.1 Å². The summed E-state index contributed by atoms with van der Waals surface area (Å²) in [6.45, 7) is 41.5. The van der Waals surface area contributed by atoms with E-state index in [1.165, 1.54) is 80.6 Å².